The number of carbonyl (C=O) groups excluding carboxylic acids is 1. The fraction of sp³-hybridized carbons (Fsp3) is 0.500. The van der Waals surface area contributed by atoms with Gasteiger partial charge in [-0.3, -0.25) is 4.79 Å². The van der Waals surface area contributed by atoms with Gasteiger partial charge in [-0.1, -0.05) is 54.8 Å². The normalized spacial score (nSPS) is 12.5. The number of amides is 1. The summed E-state index contributed by atoms with van der Waals surface area (Å²) < 4.78 is 13.4. The number of nitrogens with one attached hydrogen (secondary N) is 1. The fourth-order valence-electron chi connectivity index (χ4n) is 1.90. The molecule has 1 aromatic rings. The van der Waals surface area contributed by atoms with E-state index in [4.69, 9.17) is 0 Å². The Labute approximate surface area is 116 Å². The first-order valence-corrected chi connectivity index (χ1v) is 7.18. The molecule has 1 rings (SSSR count). The predicted molar refractivity (Wildman–Crippen MR) is 75.5 cm³/mol. The molecule has 0 spiro atoms. The lowest BCUT2D eigenvalue weighted by molar-refractivity contribution is 0.0948. The first-order valence-electron chi connectivity index (χ1n) is 6.26. The molecule has 1 unspecified atom stereocenters. The number of benzene rings is 1. The molecule has 0 aliphatic carbocycles. The van der Waals surface area contributed by atoms with Gasteiger partial charge in [0.25, 0.3) is 5.91 Å². The van der Waals surface area contributed by atoms with Gasteiger partial charge in [0.2, 0.25) is 0 Å². The molecule has 18 heavy (non-hydrogen) atoms. The van der Waals surface area contributed by atoms with Crippen LogP contribution in [0.5, 0.6) is 0 Å². The van der Waals surface area contributed by atoms with Crippen LogP contribution in [0.25, 0.3) is 0 Å². The summed E-state index contributed by atoms with van der Waals surface area (Å²) in [6, 6.07) is 6.01. The van der Waals surface area contributed by atoms with Gasteiger partial charge in [-0.25, -0.2) is 4.39 Å². The summed E-state index contributed by atoms with van der Waals surface area (Å²) in [5.41, 5.74) is 0.0988. The Bertz CT molecular complexity index is 393. The molecule has 2 nitrogen and oxygen atoms in total. The van der Waals surface area contributed by atoms with E-state index in [-0.39, 0.29) is 16.3 Å². The lowest BCUT2D eigenvalue weighted by Crippen LogP contribution is -2.33. The van der Waals surface area contributed by atoms with Gasteiger partial charge in [-0.2, -0.15) is 0 Å². The van der Waals surface area contributed by atoms with Crippen LogP contribution in [0, 0.1) is 11.7 Å². The van der Waals surface area contributed by atoms with Gasteiger partial charge in [0.05, 0.1) is 5.56 Å². The monoisotopic (exact) mass is 315 g/mol. The Morgan fingerprint density at radius 2 is 1.94 bits per heavy atom. The second-order valence-corrected chi connectivity index (χ2v) is 5.46. The average Bonchev–Trinajstić information content (AvgIpc) is 2.38. The number of hydrogen-bond acceptors (Lipinski definition) is 1. The van der Waals surface area contributed by atoms with Crippen LogP contribution in [0.1, 0.15) is 37.0 Å². The summed E-state index contributed by atoms with van der Waals surface area (Å²) in [7, 11) is 0. The zero-order valence-corrected chi connectivity index (χ0v) is 12.3. The maximum Gasteiger partial charge on any atom is 0.254 e. The van der Waals surface area contributed by atoms with Gasteiger partial charge in [0, 0.05) is 11.4 Å². The van der Waals surface area contributed by atoms with Crippen LogP contribution in [-0.2, 0) is 0 Å². The van der Waals surface area contributed by atoms with E-state index in [0.29, 0.717) is 12.5 Å². The third kappa shape index (κ3) is 4.09. The highest BCUT2D eigenvalue weighted by atomic mass is 79.9. The molecule has 4 heteroatoms. The van der Waals surface area contributed by atoms with E-state index < -0.39 is 5.82 Å². The largest absolute Gasteiger partial charge is 0.351 e. The van der Waals surface area contributed by atoms with Gasteiger partial charge in [-0.05, 0) is 18.1 Å². The molecule has 0 aromatic heterocycles. The Hall–Kier alpha value is -0.900. The molecule has 1 N–H and O–H groups in total. The minimum Gasteiger partial charge on any atom is -0.351 e. The average molecular weight is 316 g/mol. The summed E-state index contributed by atoms with van der Waals surface area (Å²) in [4.78, 5) is 12.0. The lowest BCUT2D eigenvalue weighted by atomic mass is 9.99. The van der Waals surface area contributed by atoms with Gasteiger partial charge >= 0.3 is 0 Å². The summed E-state index contributed by atoms with van der Waals surface area (Å²) >= 11 is 3.58. The molecular weight excluding hydrogens is 297 g/mol. The number of rotatable bonds is 6. The standard InChI is InChI=1S/C14H19BrFNO/c1-3-10(4-2)12(15)9-17-14(18)11-7-5-6-8-13(11)16/h5-8,10,12H,3-4,9H2,1-2H3,(H,17,18). The van der Waals surface area contributed by atoms with Crippen molar-refractivity contribution in [3.63, 3.8) is 0 Å². The highest BCUT2D eigenvalue weighted by molar-refractivity contribution is 9.09. The van der Waals surface area contributed by atoms with E-state index in [0.717, 1.165) is 12.8 Å². The molecular formula is C14H19BrFNO. The van der Waals surface area contributed by atoms with Crippen LogP contribution >= 0.6 is 15.9 Å². The fourth-order valence-corrected chi connectivity index (χ4v) is 2.81. The third-order valence-electron chi connectivity index (χ3n) is 3.14. The first-order chi connectivity index (χ1) is 8.60. The second kappa shape index (κ2) is 7.52. The van der Waals surface area contributed by atoms with Crippen molar-refractivity contribution in [3.8, 4) is 0 Å². The van der Waals surface area contributed by atoms with Crippen LogP contribution in [0.2, 0.25) is 0 Å². The molecule has 1 amide bonds. The van der Waals surface area contributed by atoms with E-state index in [2.05, 4.69) is 35.1 Å². The number of carbonyl (C=O) groups is 1. The van der Waals surface area contributed by atoms with E-state index in [1.807, 2.05) is 0 Å². The molecule has 0 fully saturated rings. The Morgan fingerprint density at radius 3 is 2.50 bits per heavy atom. The van der Waals surface area contributed by atoms with Crippen molar-refractivity contribution in [2.45, 2.75) is 31.5 Å². The molecule has 0 aliphatic rings. The van der Waals surface area contributed by atoms with E-state index in [1.54, 1.807) is 12.1 Å². The smallest absolute Gasteiger partial charge is 0.254 e. The van der Waals surface area contributed by atoms with Gasteiger partial charge < -0.3 is 5.32 Å². The molecule has 0 saturated heterocycles. The Balaban J connectivity index is 2.54. The van der Waals surface area contributed by atoms with Crippen molar-refractivity contribution in [1.29, 1.82) is 0 Å². The second-order valence-electron chi connectivity index (χ2n) is 4.28. The topological polar surface area (TPSA) is 29.1 Å². The SMILES string of the molecule is CCC(CC)C(Br)CNC(=O)c1ccccc1F. The summed E-state index contributed by atoms with van der Waals surface area (Å²) in [6.45, 7) is 4.77. The van der Waals surface area contributed by atoms with Crippen molar-refractivity contribution >= 4 is 21.8 Å². The van der Waals surface area contributed by atoms with Crippen LogP contribution in [0.15, 0.2) is 24.3 Å². The predicted octanol–water partition coefficient (Wildman–Crippen LogP) is 3.76. The molecule has 0 bridgehead atoms. The number of alkyl halides is 1. The summed E-state index contributed by atoms with van der Waals surface area (Å²) in [5, 5.41) is 2.76. The van der Waals surface area contributed by atoms with Crippen LogP contribution < -0.4 is 5.32 Å². The van der Waals surface area contributed by atoms with Gasteiger partial charge in [0.1, 0.15) is 5.82 Å². The van der Waals surface area contributed by atoms with Crippen LogP contribution in [0.4, 0.5) is 4.39 Å². The van der Waals surface area contributed by atoms with Gasteiger partial charge in [0.15, 0.2) is 0 Å². The summed E-state index contributed by atoms with van der Waals surface area (Å²) in [5.74, 6) is -0.321. The van der Waals surface area contributed by atoms with Crippen molar-refractivity contribution in [1.82, 2.24) is 5.32 Å². The zero-order chi connectivity index (χ0) is 13.5. The molecule has 0 saturated carbocycles. The van der Waals surface area contributed by atoms with E-state index in [9.17, 15) is 9.18 Å². The first kappa shape index (κ1) is 15.2. The molecule has 0 heterocycles. The third-order valence-corrected chi connectivity index (χ3v) is 4.21. The molecule has 0 radical (unpaired) electrons. The van der Waals surface area contributed by atoms with Crippen molar-refractivity contribution in [3.05, 3.63) is 35.6 Å². The quantitative estimate of drug-likeness (QED) is 0.796. The maximum absolute atomic E-state index is 13.4. The molecule has 1 aromatic carbocycles. The Morgan fingerprint density at radius 1 is 1.33 bits per heavy atom. The highest BCUT2D eigenvalue weighted by Gasteiger charge is 2.17. The molecule has 1 atom stereocenters. The Kier molecular flexibility index (Phi) is 6.33. The number of halogens is 2. The minimum absolute atomic E-state index is 0.0988. The maximum atomic E-state index is 13.4. The number of hydrogen-bond donors (Lipinski definition) is 1. The molecule has 0 aliphatic heterocycles. The van der Waals surface area contributed by atoms with Crippen LogP contribution in [-0.4, -0.2) is 17.3 Å². The van der Waals surface area contributed by atoms with E-state index in [1.165, 1.54) is 12.1 Å². The zero-order valence-electron chi connectivity index (χ0n) is 10.7. The van der Waals surface area contributed by atoms with Crippen molar-refractivity contribution in [2.75, 3.05) is 6.54 Å². The highest BCUT2D eigenvalue weighted by Crippen LogP contribution is 2.19. The van der Waals surface area contributed by atoms with Crippen molar-refractivity contribution in [2.24, 2.45) is 5.92 Å². The molecule has 100 valence electrons. The van der Waals surface area contributed by atoms with Crippen molar-refractivity contribution < 1.29 is 9.18 Å². The van der Waals surface area contributed by atoms with E-state index >= 15 is 0 Å². The van der Waals surface area contributed by atoms with Crippen LogP contribution in [0.3, 0.4) is 0 Å². The minimum atomic E-state index is -0.483. The summed E-state index contributed by atoms with van der Waals surface area (Å²) in [6.07, 6.45) is 2.12. The lowest BCUT2D eigenvalue weighted by Gasteiger charge is -2.19. The van der Waals surface area contributed by atoms with Gasteiger partial charge in [-0.15, -0.1) is 0 Å².